The van der Waals surface area contributed by atoms with Crippen LogP contribution in [0.15, 0.2) is 48.5 Å². The molecule has 100 valence electrons. The molecular formula is C16H11ClFNO. The molecule has 1 heterocycles. The molecule has 0 aliphatic heterocycles. The van der Waals surface area contributed by atoms with E-state index < -0.39 is 0 Å². The maximum Gasteiger partial charge on any atom is 0.221 e. The molecule has 0 bridgehead atoms. The molecule has 3 aromatic rings. The lowest BCUT2D eigenvalue weighted by Crippen LogP contribution is -1.93. The average molecular weight is 288 g/mol. The Morgan fingerprint density at radius 3 is 2.65 bits per heavy atom. The van der Waals surface area contributed by atoms with Crippen LogP contribution in [0.1, 0.15) is 0 Å². The van der Waals surface area contributed by atoms with Gasteiger partial charge in [-0.1, -0.05) is 29.8 Å². The second-order valence-corrected chi connectivity index (χ2v) is 4.77. The molecule has 4 heteroatoms. The molecule has 0 saturated carbocycles. The Morgan fingerprint density at radius 1 is 1.10 bits per heavy atom. The van der Waals surface area contributed by atoms with Gasteiger partial charge < -0.3 is 4.74 Å². The molecule has 0 fully saturated rings. The number of methoxy groups -OCH3 is 1. The Balaban J connectivity index is 2.31. The van der Waals surface area contributed by atoms with Crippen molar-refractivity contribution in [2.24, 2.45) is 0 Å². The van der Waals surface area contributed by atoms with Crippen LogP contribution < -0.4 is 4.74 Å². The van der Waals surface area contributed by atoms with Crippen LogP contribution in [0.4, 0.5) is 4.39 Å². The summed E-state index contributed by atoms with van der Waals surface area (Å²) in [5.74, 6) is 0.147. The summed E-state index contributed by atoms with van der Waals surface area (Å²) in [5.41, 5.74) is 2.17. The van der Waals surface area contributed by atoms with Gasteiger partial charge in [-0.05, 0) is 35.9 Å². The van der Waals surface area contributed by atoms with Crippen LogP contribution in [0.5, 0.6) is 5.88 Å². The van der Waals surface area contributed by atoms with E-state index in [1.54, 1.807) is 19.2 Å². The van der Waals surface area contributed by atoms with Gasteiger partial charge in [-0.3, -0.25) is 0 Å². The molecule has 3 rings (SSSR count). The van der Waals surface area contributed by atoms with E-state index in [9.17, 15) is 4.39 Å². The molecule has 20 heavy (non-hydrogen) atoms. The average Bonchev–Trinajstić information content (AvgIpc) is 2.46. The first-order chi connectivity index (χ1) is 9.69. The first kappa shape index (κ1) is 12.9. The zero-order chi connectivity index (χ0) is 14.1. The molecule has 2 aromatic carbocycles. The summed E-state index contributed by atoms with van der Waals surface area (Å²) >= 11 is 6.19. The van der Waals surface area contributed by atoms with Crippen molar-refractivity contribution in [2.45, 2.75) is 0 Å². The minimum Gasteiger partial charge on any atom is -0.481 e. The molecule has 0 aliphatic carbocycles. The molecule has 0 unspecified atom stereocenters. The van der Waals surface area contributed by atoms with Gasteiger partial charge in [-0.25, -0.2) is 9.37 Å². The topological polar surface area (TPSA) is 22.1 Å². The third-order valence-electron chi connectivity index (χ3n) is 3.10. The molecule has 1 aromatic heterocycles. The minimum absolute atomic E-state index is 0.302. The van der Waals surface area contributed by atoms with Crippen LogP contribution in [0.3, 0.4) is 0 Å². The van der Waals surface area contributed by atoms with E-state index in [1.807, 2.05) is 24.3 Å². The molecule has 0 atom stereocenters. The number of halogens is 2. The minimum atomic E-state index is -0.302. The maximum atomic E-state index is 13.4. The fourth-order valence-corrected chi connectivity index (χ4v) is 2.38. The van der Waals surface area contributed by atoms with Crippen LogP contribution in [-0.2, 0) is 0 Å². The monoisotopic (exact) mass is 287 g/mol. The summed E-state index contributed by atoms with van der Waals surface area (Å²) in [7, 11) is 1.54. The van der Waals surface area contributed by atoms with Gasteiger partial charge in [0.25, 0.3) is 0 Å². The lowest BCUT2D eigenvalue weighted by molar-refractivity contribution is 0.401. The molecule has 0 saturated heterocycles. The van der Waals surface area contributed by atoms with Crippen molar-refractivity contribution in [1.29, 1.82) is 0 Å². The summed E-state index contributed by atoms with van der Waals surface area (Å²) in [5, 5.41) is 1.42. The van der Waals surface area contributed by atoms with E-state index >= 15 is 0 Å². The molecule has 0 amide bonds. The Labute approximate surface area is 120 Å². The van der Waals surface area contributed by atoms with Gasteiger partial charge in [0.2, 0.25) is 5.88 Å². The molecule has 2 nitrogen and oxygen atoms in total. The molecule has 0 aliphatic rings. The smallest absolute Gasteiger partial charge is 0.221 e. The molecule has 0 radical (unpaired) electrons. The highest BCUT2D eigenvalue weighted by atomic mass is 35.5. The van der Waals surface area contributed by atoms with E-state index in [2.05, 4.69) is 4.98 Å². The Morgan fingerprint density at radius 2 is 1.90 bits per heavy atom. The number of fused-ring (bicyclic) bond motifs is 1. The van der Waals surface area contributed by atoms with Gasteiger partial charge in [0, 0.05) is 16.0 Å². The highest BCUT2D eigenvalue weighted by molar-refractivity contribution is 6.35. The van der Waals surface area contributed by atoms with Crippen LogP contribution in [0, 0.1) is 5.82 Å². The SMILES string of the molecule is COc1nc2cccc(Cl)c2cc1-c1cccc(F)c1. The van der Waals surface area contributed by atoms with Gasteiger partial charge in [0.1, 0.15) is 5.82 Å². The molecule has 0 spiro atoms. The highest BCUT2D eigenvalue weighted by Gasteiger charge is 2.11. The second kappa shape index (κ2) is 5.10. The van der Waals surface area contributed by atoms with E-state index in [0.29, 0.717) is 22.0 Å². The zero-order valence-electron chi connectivity index (χ0n) is 10.7. The fraction of sp³-hybridized carbons (Fsp3) is 0.0625. The number of nitrogens with zero attached hydrogens (tertiary/aromatic N) is 1. The summed E-state index contributed by atoms with van der Waals surface area (Å²) in [6.07, 6.45) is 0. The number of pyridine rings is 1. The highest BCUT2D eigenvalue weighted by Crippen LogP contribution is 2.34. The van der Waals surface area contributed by atoms with Gasteiger partial charge in [-0.2, -0.15) is 0 Å². The van der Waals surface area contributed by atoms with Crippen LogP contribution in [-0.4, -0.2) is 12.1 Å². The predicted octanol–water partition coefficient (Wildman–Crippen LogP) is 4.70. The summed E-state index contributed by atoms with van der Waals surface area (Å²) in [6, 6.07) is 13.7. The van der Waals surface area contributed by atoms with Gasteiger partial charge >= 0.3 is 0 Å². The third-order valence-corrected chi connectivity index (χ3v) is 3.43. The number of benzene rings is 2. The van der Waals surface area contributed by atoms with E-state index in [0.717, 1.165) is 10.9 Å². The summed E-state index contributed by atoms with van der Waals surface area (Å²) in [4.78, 5) is 4.43. The predicted molar refractivity (Wildman–Crippen MR) is 78.7 cm³/mol. The Hall–Kier alpha value is -2.13. The van der Waals surface area contributed by atoms with Crippen molar-refractivity contribution in [3.63, 3.8) is 0 Å². The van der Waals surface area contributed by atoms with Crippen LogP contribution in [0.2, 0.25) is 5.02 Å². The van der Waals surface area contributed by atoms with Crippen LogP contribution in [0.25, 0.3) is 22.0 Å². The quantitative estimate of drug-likeness (QED) is 0.681. The fourth-order valence-electron chi connectivity index (χ4n) is 2.16. The first-order valence-corrected chi connectivity index (χ1v) is 6.46. The van der Waals surface area contributed by atoms with Crippen molar-refractivity contribution >= 4 is 22.5 Å². The van der Waals surface area contributed by atoms with Gasteiger partial charge in [0.15, 0.2) is 0 Å². The Kier molecular flexibility index (Phi) is 3.28. The molecular weight excluding hydrogens is 277 g/mol. The maximum absolute atomic E-state index is 13.4. The largest absolute Gasteiger partial charge is 0.481 e. The summed E-state index contributed by atoms with van der Waals surface area (Å²) < 4.78 is 18.7. The number of aromatic nitrogens is 1. The number of hydrogen-bond donors (Lipinski definition) is 0. The van der Waals surface area contributed by atoms with Crippen molar-refractivity contribution in [2.75, 3.05) is 7.11 Å². The van der Waals surface area contributed by atoms with Crippen molar-refractivity contribution in [3.05, 3.63) is 59.4 Å². The van der Waals surface area contributed by atoms with Crippen molar-refractivity contribution < 1.29 is 9.13 Å². The van der Waals surface area contributed by atoms with Gasteiger partial charge in [0.05, 0.1) is 12.6 Å². The normalized spacial score (nSPS) is 10.8. The first-order valence-electron chi connectivity index (χ1n) is 6.08. The Bertz CT molecular complexity index is 789. The molecule has 0 N–H and O–H groups in total. The lowest BCUT2D eigenvalue weighted by Gasteiger charge is -2.10. The van der Waals surface area contributed by atoms with Gasteiger partial charge in [-0.15, -0.1) is 0 Å². The number of ether oxygens (including phenoxy) is 1. The van der Waals surface area contributed by atoms with E-state index in [4.69, 9.17) is 16.3 Å². The van der Waals surface area contributed by atoms with E-state index in [-0.39, 0.29) is 5.82 Å². The van der Waals surface area contributed by atoms with Crippen LogP contribution >= 0.6 is 11.6 Å². The number of rotatable bonds is 2. The van der Waals surface area contributed by atoms with Crippen molar-refractivity contribution in [3.8, 4) is 17.0 Å². The third kappa shape index (κ3) is 2.21. The van der Waals surface area contributed by atoms with Crippen molar-refractivity contribution in [1.82, 2.24) is 4.98 Å². The number of hydrogen-bond acceptors (Lipinski definition) is 2. The second-order valence-electron chi connectivity index (χ2n) is 4.36. The standard InChI is InChI=1S/C16H11ClFNO/c1-20-16-12(10-4-2-5-11(18)8-10)9-13-14(17)6-3-7-15(13)19-16/h2-9H,1H3. The van der Waals surface area contributed by atoms with E-state index in [1.165, 1.54) is 12.1 Å². The zero-order valence-corrected chi connectivity index (χ0v) is 11.5. The summed E-state index contributed by atoms with van der Waals surface area (Å²) in [6.45, 7) is 0. The lowest BCUT2D eigenvalue weighted by atomic mass is 10.0.